The van der Waals surface area contributed by atoms with Crippen molar-refractivity contribution in [2.75, 3.05) is 44.5 Å². The quantitative estimate of drug-likeness (QED) is 0.118. The largest absolute Gasteiger partial charge is 0.477 e. The first-order valence-corrected chi connectivity index (χ1v) is 14.1. The van der Waals surface area contributed by atoms with Crippen molar-refractivity contribution < 1.29 is 24.3 Å². The fraction of sp³-hybridized carbons (Fsp3) is 0.526. The molecule has 0 aliphatic carbocycles. The van der Waals surface area contributed by atoms with Crippen LogP contribution in [0.5, 0.6) is 0 Å². The van der Waals surface area contributed by atoms with Gasteiger partial charge in [0.2, 0.25) is 16.7 Å². The number of anilines is 1. The van der Waals surface area contributed by atoms with Crippen LogP contribution < -0.4 is 11.1 Å². The molecule has 204 valence electrons. The molecule has 0 bridgehead atoms. The molecular weight excluding hydrogens is 558 g/mol. The van der Waals surface area contributed by atoms with Crippen LogP contribution in [0.3, 0.4) is 0 Å². The van der Waals surface area contributed by atoms with Gasteiger partial charge < -0.3 is 25.9 Å². The zero-order valence-corrected chi connectivity index (χ0v) is 23.0. The Balaban J connectivity index is 1.46. The Labute approximate surface area is 229 Å². The van der Waals surface area contributed by atoms with E-state index in [0.717, 1.165) is 18.1 Å². The summed E-state index contributed by atoms with van der Waals surface area (Å²) in [7, 11) is 3.88. The van der Waals surface area contributed by atoms with Crippen LogP contribution in [-0.4, -0.2) is 118 Å². The highest BCUT2D eigenvalue weighted by atomic mass is 32.2. The summed E-state index contributed by atoms with van der Waals surface area (Å²) in [6.07, 6.45) is 0. The summed E-state index contributed by atoms with van der Waals surface area (Å²) in [6, 6.07) is -0.961. The molecule has 4 N–H and O–H groups in total. The number of fused-ring (bicyclic) bond motifs is 1. The third-order valence-electron chi connectivity index (χ3n) is 5.32. The van der Waals surface area contributed by atoms with Gasteiger partial charge in [0.25, 0.3) is 11.8 Å². The van der Waals surface area contributed by atoms with Gasteiger partial charge in [0.05, 0.1) is 6.54 Å². The van der Waals surface area contributed by atoms with Crippen LogP contribution in [0, 0.1) is 0 Å². The van der Waals surface area contributed by atoms with Gasteiger partial charge in [-0.15, -0.1) is 16.9 Å². The molecule has 2 amide bonds. The maximum atomic E-state index is 13.0. The Morgan fingerprint density at radius 3 is 2.84 bits per heavy atom. The molecule has 4 rings (SSSR count). The summed E-state index contributed by atoms with van der Waals surface area (Å²) in [5.41, 5.74) is 5.85. The fourth-order valence-corrected chi connectivity index (χ4v) is 6.36. The van der Waals surface area contributed by atoms with Crippen LogP contribution in [0.25, 0.3) is 0 Å². The second kappa shape index (κ2) is 12.0. The molecule has 2 aliphatic rings. The Bertz CT molecular complexity index is 1280. The number of carbonyl (C=O) groups is 3. The second-order valence-corrected chi connectivity index (χ2v) is 11.0. The number of nitrogens with zero attached hydrogens (tertiary/aromatic N) is 9. The maximum absolute atomic E-state index is 13.0. The average molecular weight is 584 g/mol. The van der Waals surface area contributed by atoms with Gasteiger partial charge >= 0.3 is 5.97 Å². The number of tetrazole rings is 1. The van der Waals surface area contributed by atoms with Crippen LogP contribution in [0.1, 0.15) is 12.7 Å². The number of β-lactam (4-membered cyclic amide) rings is 1. The van der Waals surface area contributed by atoms with E-state index in [1.54, 1.807) is 11.6 Å². The van der Waals surface area contributed by atoms with Crippen molar-refractivity contribution in [3.8, 4) is 0 Å². The number of rotatable bonds is 12. The molecule has 2 aromatic rings. The molecule has 0 aromatic carbocycles. The lowest BCUT2D eigenvalue weighted by atomic mass is 10.0. The Kier molecular flexibility index (Phi) is 8.80. The summed E-state index contributed by atoms with van der Waals surface area (Å²) >= 11 is 3.53. The number of aliphatic carboxylic acids is 1. The van der Waals surface area contributed by atoms with Gasteiger partial charge in [0, 0.05) is 29.6 Å². The number of carbonyl (C=O) groups excluding carboxylic acids is 2. The maximum Gasteiger partial charge on any atom is 0.352 e. The predicted molar refractivity (Wildman–Crippen MR) is 139 cm³/mol. The molecule has 0 spiro atoms. The Morgan fingerprint density at radius 1 is 1.39 bits per heavy atom. The summed E-state index contributed by atoms with van der Waals surface area (Å²) in [5.74, 6) is -1.91. The third-order valence-corrected chi connectivity index (χ3v) is 8.25. The molecule has 0 saturated carbocycles. The van der Waals surface area contributed by atoms with E-state index in [1.807, 2.05) is 19.0 Å². The molecule has 0 radical (unpaired) electrons. The average Bonchev–Trinajstić information content (AvgIpc) is 3.52. The van der Waals surface area contributed by atoms with Crippen molar-refractivity contribution in [1.29, 1.82) is 0 Å². The summed E-state index contributed by atoms with van der Waals surface area (Å²) in [4.78, 5) is 50.3. The number of thioether (sulfide) groups is 2. The summed E-state index contributed by atoms with van der Waals surface area (Å²) in [6.45, 7) is 3.19. The van der Waals surface area contributed by atoms with E-state index in [1.165, 1.54) is 28.4 Å². The van der Waals surface area contributed by atoms with Gasteiger partial charge in [0.15, 0.2) is 5.13 Å². The van der Waals surface area contributed by atoms with E-state index in [2.05, 4.69) is 35.4 Å². The molecule has 1 fully saturated rings. The first-order chi connectivity index (χ1) is 18.2. The highest BCUT2D eigenvalue weighted by Crippen LogP contribution is 2.41. The van der Waals surface area contributed by atoms with Crippen LogP contribution >= 0.6 is 35.1 Å². The normalized spacial score (nSPS) is 19.4. The zero-order chi connectivity index (χ0) is 27.4. The number of hydrogen-bond acceptors (Lipinski definition) is 15. The van der Waals surface area contributed by atoms with Crippen molar-refractivity contribution in [1.82, 2.24) is 44.7 Å². The molecule has 16 nitrogen and oxygen atoms in total. The van der Waals surface area contributed by atoms with Crippen molar-refractivity contribution in [3.63, 3.8) is 0 Å². The number of amides is 2. The SMILES string of the molecule is CCON=C(C(=O)NC1C(=O)N2C(C(=O)O)=C(CSc3nnnn3CCN(C)C)CS[C@@H]12)c1nsc(N)n1. The lowest BCUT2D eigenvalue weighted by molar-refractivity contribution is -0.150. The topological polar surface area (TPSA) is 207 Å². The molecule has 1 saturated heterocycles. The van der Waals surface area contributed by atoms with E-state index in [-0.39, 0.29) is 34.7 Å². The molecular formula is C19H25N11O5S3. The monoisotopic (exact) mass is 583 g/mol. The van der Waals surface area contributed by atoms with Gasteiger partial charge in [-0.1, -0.05) is 16.9 Å². The van der Waals surface area contributed by atoms with Crippen LogP contribution in [0.15, 0.2) is 21.6 Å². The number of carboxylic acids is 1. The molecule has 19 heteroatoms. The molecule has 1 unspecified atom stereocenters. The summed E-state index contributed by atoms with van der Waals surface area (Å²) < 4.78 is 5.63. The number of nitrogens with two attached hydrogens (primary N) is 1. The van der Waals surface area contributed by atoms with E-state index < -0.39 is 29.2 Å². The van der Waals surface area contributed by atoms with Crippen molar-refractivity contribution in [2.24, 2.45) is 5.16 Å². The van der Waals surface area contributed by atoms with Gasteiger partial charge in [-0.3, -0.25) is 14.5 Å². The highest BCUT2D eigenvalue weighted by Gasteiger charge is 2.54. The highest BCUT2D eigenvalue weighted by molar-refractivity contribution is 8.01. The smallest absolute Gasteiger partial charge is 0.352 e. The number of nitrogens with one attached hydrogen (secondary N) is 1. The second-order valence-electron chi connectivity index (χ2n) is 8.21. The minimum atomic E-state index is -1.23. The zero-order valence-electron chi connectivity index (χ0n) is 20.6. The van der Waals surface area contributed by atoms with Gasteiger partial charge in [-0.25, -0.2) is 9.48 Å². The van der Waals surface area contributed by atoms with Crippen molar-refractivity contribution in [3.05, 3.63) is 17.1 Å². The standard InChI is InChI=1S/C19H25N11O5S3/c1-4-35-24-10(13-22-18(20)38-25-13)14(31)21-11-15(32)30-12(17(33)34)9(7-36-16(11)30)8-37-19-23-26-27-29(19)6-5-28(2)3/h11,16H,4-8H2,1-3H3,(H,21,31)(H,33,34)(H2,20,22,25)/t11?,16-/m0/s1. The number of carboxylic acid groups (broad SMARTS) is 1. The van der Waals surface area contributed by atoms with Crippen LogP contribution in [0.4, 0.5) is 5.13 Å². The predicted octanol–water partition coefficient (Wildman–Crippen LogP) is -1.06. The molecule has 2 aromatic heterocycles. The number of likely N-dealkylation sites (N-methyl/N-ethyl adjacent to an activating group) is 1. The first-order valence-electron chi connectivity index (χ1n) is 11.2. The first kappa shape index (κ1) is 27.7. The minimum Gasteiger partial charge on any atom is -0.477 e. The Hall–Kier alpha value is -3.29. The molecule has 38 heavy (non-hydrogen) atoms. The lowest BCUT2D eigenvalue weighted by Gasteiger charge is -2.49. The van der Waals surface area contributed by atoms with Gasteiger partial charge in [0.1, 0.15) is 23.7 Å². The molecule has 2 aliphatic heterocycles. The fourth-order valence-electron chi connectivity index (χ4n) is 3.53. The number of aromatic nitrogens is 6. The van der Waals surface area contributed by atoms with Gasteiger partial charge in [-0.2, -0.15) is 9.36 Å². The molecule has 4 heterocycles. The van der Waals surface area contributed by atoms with Gasteiger partial charge in [-0.05, 0) is 37.0 Å². The van der Waals surface area contributed by atoms with E-state index in [0.29, 0.717) is 23.0 Å². The molecule has 2 atom stereocenters. The lowest BCUT2D eigenvalue weighted by Crippen LogP contribution is -2.71. The summed E-state index contributed by atoms with van der Waals surface area (Å²) in [5, 5.41) is 28.1. The van der Waals surface area contributed by atoms with Crippen molar-refractivity contribution >= 4 is 63.7 Å². The Morgan fingerprint density at radius 2 is 2.18 bits per heavy atom. The van der Waals surface area contributed by atoms with Crippen LogP contribution in [-0.2, 0) is 25.8 Å². The number of nitrogen functional groups attached to an aromatic ring is 1. The van der Waals surface area contributed by atoms with E-state index >= 15 is 0 Å². The number of hydrogen-bond donors (Lipinski definition) is 3. The van der Waals surface area contributed by atoms with E-state index in [4.69, 9.17) is 10.6 Å². The third kappa shape index (κ3) is 5.89. The minimum absolute atomic E-state index is 0.0308. The van der Waals surface area contributed by atoms with E-state index in [9.17, 15) is 19.5 Å². The van der Waals surface area contributed by atoms with Crippen molar-refractivity contribution in [2.45, 2.75) is 30.0 Å². The number of oxime groups is 1. The van der Waals surface area contributed by atoms with Crippen LogP contribution in [0.2, 0.25) is 0 Å².